The molecule has 0 aromatic carbocycles. The standard InChI is InChI=1S/C13H15F3N2O3/c1-20-12(19)7-9-8-18(5-6-21-9)11-4-2-3-10(17-11)13(14,15)16/h2-4,9H,5-8H2,1H3/t9-/m0/s1. The number of rotatable bonds is 3. The fraction of sp³-hybridized carbons (Fsp3) is 0.538. The van der Waals surface area contributed by atoms with Gasteiger partial charge in [0.15, 0.2) is 0 Å². The zero-order valence-electron chi connectivity index (χ0n) is 11.4. The summed E-state index contributed by atoms with van der Waals surface area (Å²) in [6, 6.07) is 3.75. The monoisotopic (exact) mass is 304 g/mol. The molecule has 1 aliphatic rings. The van der Waals surface area contributed by atoms with Crippen molar-refractivity contribution in [3.63, 3.8) is 0 Å². The van der Waals surface area contributed by atoms with Crippen molar-refractivity contribution in [1.82, 2.24) is 4.98 Å². The first-order valence-electron chi connectivity index (χ1n) is 6.38. The van der Waals surface area contributed by atoms with Gasteiger partial charge in [0.25, 0.3) is 0 Å². The van der Waals surface area contributed by atoms with Gasteiger partial charge in [-0.1, -0.05) is 6.07 Å². The van der Waals surface area contributed by atoms with Crippen LogP contribution in [0.4, 0.5) is 19.0 Å². The van der Waals surface area contributed by atoms with Gasteiger partial charge in [0.2, 0.25) is 0 Å². The molecule has 1 fully saturated rings. The van der Waals surface area contributed by atoms with Gasteiger partial charge in [-0.2, -0.15) is 13.2 Å². The van der Waals surface area contributed by atoms with E-state index in [0.29, 0.717) is 19.7 Å². The molecule has 0 saturated carbocycles. The van der Waals surface area contributed by atoms with Crippen molar-refractivity contribution in [3.05, 3.63) is 23.9 Å². The molecule has 1 saturated heterocycles. The van der Waals surface area contributed by atoms with E-state index in [-0.39, 0.29) is 12.2 Å². The third-order valence-corrected chi connectivity index (χ3v) is 3.11. The van der Waals surface area contributed by atoms with E-state index in [2.05, 4.69) is 9.72 Å². The molecule has 1 atom stereocenters. The van der Waals surface area contributed by atoms with E-state index >= 15 is 0 Å². The smallest absolute Gasteiger partial charge is 0.433 e. The molecule has 0 spiro atoms. The van der Waals surface area contributed by atoms with Gasteiger partial charge in [-0.25, -0.2) is 4.98 Å². The number of esters is 1. The van der Waals surface area contributed by atoms with E-state index < -0.39 is 23.9 Å². The normalized spacial score (nSPS) is 19.4. The molecule has 0 amide bonds. The van der Waals surface area contributed by atoms with Crippen molar-refractivity contribution >= 4 is 11.8 Å². The summed E-state index contributed by atoms with van der Waals surface area (Å²) in [7, 11) is 1.28. The first kappa shape index (κ1) is 15.6. The number of carbonyl (C=O) groups is 1. The number of hydrogen-bond acceptors (Lipinski definition) is 5. The fourth-order valence-electron chi connectivity index (χ4n) is 2.08. The summed E-state index contributed by atoms with van der Waals surface area (Å²) in [5, 5.41) is 0. The minimum Gasteiger partial charge on any atom is -0.469 e. The molecule has 2 rings (SSSR count). The lowest BCUT2D eigenvalue weighted by molar-refractivity contribution is -0.144. The highest BCUT2D eigenvalue weighted by atomic mass is 19.4. The molecule has 0 bridgehead atoms. The molecule has 1 aromatic rings. The van der Waals surface area contributed by atoms with Gasteiger partial charge in [0.1, 0.15) is 11.5 Å². The van der Waals surface area contributed by atoms with Crippen LogP contribution in [-0.2, 0) is 20.4 Å². The average Bonchev–Trinajstić information content (AvgIpc) is 2.46. The van der Waals surface area contributed by atoms with E-state index in [1.54, 1.807) is 4.90 Å². The van der Waals surface area contributed by atoms with E-state index in [1.165, 1.54) is 19.2 Å². The van der Waals surface area contributed by atoms with Crippen LogP contribution in [-0.4, -0.2) is 43.9 Å². The molecule has 116 valence electrons. The molecular formula is C13H15F3N2O3. The van der Waals surface area contributed by atoms with Crippen molar-refractivity contribution in [3.8, 4) is 0 Å². The molecule has 0 radical (unpaired) electrons. The van der Waals surface area contributed by atoms with Gasteiger partial charge in [0, 0.05) is 13.1 Å². The second kappa shape index (κ2) is 6.30. The van der Waals surface area contributed by atoms with Gasteiger partial charge in [-0.05, 0) is 12.1 Å². The summed E-state index contributed by atoms with van der Waals surface area (Å²) in [5.41, 5.74) is -0.934. The third-order valence-electron chi connectivity index (χ3n) is 3.11. The Balaban J connectivity index is 2.09. The first-order valence-corrected chi connectivity index (χ1v) is 6.38. The molecule has 0 unspecified atom stereocenters. The Hall–Kier alpha value is -1.83. The van der Waals surface area contributed by atoms with Crippen molar-refractivity contribution in [2.24, 2.45) is 0 Å². The fourth-order valence-corrected chi connectivity index (χ4v) is 2.08. The Morgan fingerprint density at radius 3 is 2.95 bits per heavy atom. The number of alkyl halides is 3. The van der Waals surface area contributed by atoms with Crippen LogP contribution in [0.25, 0.3) is 0 Å². The second-order valence-corrected chi connectivity index (χ2v) is 4.60. The number of ether oxygens (including phenoxy) is 2. The summed E-state index contributed by atoms with van der Waals surface area (Å²) in [5.74, 6) is -0.193. The van der Waals surface area contributed by atoms with Crippen LogP contribution in [0, 0.1) is 0 Å². The topological polar surface area (TPSA) is 51.7 Å². The number of nitrogens with zero attached hydrogens (tertiary/aromatic N) is 2. The van der Waals surface area contributed by atoms with Crippen LogP contribution in [0.3, 0.4) is 0 Å². The lowest BCUT2D eigenvalue weighted by Crippen LogP contribution is -2.44. The molecule has 0 N–H and O–H groups in total. The number of hydrogen-bond donors (Lipinski definition) is 0. The Bertz CT molecular complexity index is 508. The largest absolute Gasteiger partial charge is 0.469 e. The van der Waals surface area contributed by atoms with E-state index in [1.807, 2.05) is 0 Å². The Morgan fingerprint density at radius 1 is 1.52 bits per heavy atom. The Labute approximate surface area is 119 Å². The van der Waals surface area contributed by atoms with Crippen LogP contribution < -0.4 is 4.90 Å². The maximum absolute atomic E-state index is 12.7. The summed E-state index contributed by atoms with van der Waals surface area (Å²) >= 11 is 0. The van der Waals surface area contributed by atoms with Gasteiger partial charge in [0.05, 0.1) is 26.2 Å². The summed E-state index contributed by atoms with van der Waals surface area (Å²) in [6.07, 6.45) is -4.83. The number of aromatic nitrogens is 1. The number of methoxy groups -OCH3 is 1. The zero-order valence-corrected chi connectivity index (χ0v) is 11.4. The van der Waals surface area contributed by atoms with Crippen molar-refractivity contribution in [2.45, 2.75) is 18.7 Å². The lowest BCUT2D eigenvalue weighted by Gasteiger charge is -2.33. The molecule has 21 heavy (non-hydrogen) atoms. The number of halogens is 3. The molecule has 5 nitrogen and oxygen atoms in total. The van der Waals surface area contributed by atoms with Gasteiger partial charge >= 0.3 is 12.1 Å². The number of anilines is 1. The third kappa shape index (κ3) is 4.07. The predicted molar refractivity (Wildman–Crippen MR) is 67.8 cm³/mol. The molecule has 1 aromatic heterocycles. The van der Waals surface area contributed by atoms with Gasteiger partial charge in [-0.15, -0.1) is 0 Å². The Morgan fingerprint density at radius 2 is 2.29 bits per heavy atom. The quantitative estimate of drug-likeness (QED) is 0.798. The maximum atomic E-state index is 12.7. The lowest BCUT2D eigenvalue weighted by atomic mass is 10.2. The highest BCUT2D eigenvalue weighted by Crippen LogP contribution is 2.29. The molecular weight excluding hydrogens is 289 g/mol. The summed E-state index contributed by atoms with van der Waals surface area (Å²) in [4.78, 5) is 16.5. The van der Waals surface area contributed by atoms with Crippen molar-refractivity contribution in [2.75, 3.05) is 31.7 Å². The van der Waals surface area contributed by atoms with E-state index in [4.69, 9.17) is 4.74 Å². The number of carbonyl (C=O) groups excluding carboxylic acids is 1. The average molecular weight is 304 g/mol. The minimum atomic E-state index is -4.48. The molecule has 1 aliphatic heterocycles. The van der Waals surface area contributed by atoms with Gasteiger partial charge < -0.3 is 14.4 Å². The predicted octanol–water partition coefficient (Wildman–Crippen LogP) is 1.87. The number of morpholine rings is 1. The van der Waals surface area contributed by atoms with E-state index in [9.17, 15) is 18.0 Å². The van der Waals surface area contributed by atoms with Crippen LogP contribution >= 0.6 is 0 Å². The minimum absolute atomic E-state index is 0.0615. The summed E-state index contributed by atoms with van der Waals surface area (Å²) < 4.78 is 48.0. The van der Waals surface area contributed by atoms with Gasteiger partial charge in [-0.3, -0.25) is 4.79 Å². The highest BCUT2D eigenvalue weighted by molar-refractivity contribution is 5.69. The molecule has 2 heterocycles. The molecule has 8 heteroatoms. The van der Waals surface area contributed by atoms with Crippen LogP contribution in [0.15, 0.2) is 18.2 Å². The first-order chi connectivity index (χ1) is 9.90. The van der Waals surface area contributed by atoms with Crippen molar-refractivity contribution in [1.29, 1.82) is 0 Å². The summed E-state index contributed by atoms with van der Waals surface area (Å²) in [6.45, 7) is 1.04. The van der Waals surface area contributed by atoms with Crippen LogP contribution in [0.2, 0.25) is 0 Å². The van der Waals surface area contributed by atoms with E-state index in [0.717, 1.165) is 6.07 Å². The second-order valence-electron chi connectivity index (χ2n) is 4.60. The maximum Gasteiger partial charge on any atom is 0.433 e. The SMILES string of the molecule is COC(=O)C[C@H]1CN(c2cccc(C(F)(F)F)n2)CCO1. The van der Waals surface area contributed by atoms with Crippen LogP contribution in [0.5, 0.6) is 0 Å². The van der Waals surface area contributed by atoms with Crippen LogP contribution in [0.1, 0.15) is 12.1 Å². The molecule has 0 aliphatic carbocycles. The Kier molecular flexibility index (Phi) is 4.66. The van der Waals surface area contributed by atoms with Crippen molar-refractivity contribution < 1.29 is 27.4 Å². The number of pyridine rings is 1. The highest BCUT2D eigenvalue weighted by Gasteiger charge is 2.33. The zero-order chi connectivity index (χ0) is 15.5.